The van der Waals surface area contributed by atoms with E-state index in [2.05, 4.69) is 10.2 Å². The van der Waals surface area contributed by atoms with Crippen molar-refractivity contribution in [2.45, 2.75) is 12.2 Å². The first-order chi connectivity index (χ1) is 7.03. The molecule has 1 N–H and O–H groups in total. The molecule has 0 spiro atoms. The summed E-state index contributed by atoms with van der Waals surface area (Å²) in [7, 11) is -2.85. The Kier molecular flexibility index (Phi) is 3.30. The van der Waals surface area contributed by atoms with Crippen LogP contribution in [-0.4, -0.2) is 70.3 Å². The molecule has 5 nitrogen and oxygen atoms in total. The molecule has 2 aliphatic rings. The van der Waals surface area contributed by atoms with Crippen molar-refractivity contribution in [3.8, 4) is 0 Å². The molecule has 2 bridgehead atoms. The molecule has 6 heteroatoms. The molecule has 0 aromatic carbocycles. The average molecular weight is 234 g/mol. The maximum atomic E-state index is 11.1. The second-order valence-electron chi connectivity index (χ2n) is 4.43. The summed E-state index contributed by atoms with van der Waals surface area (Å²) in [5.74, 6) is 0.250. The summed E-state index contributed by atoms with van der Waals surface area (Å²) < 4.78 is 27.8. The third-order valence-electron chi connectivity index (χ3n) is 2.83. The van der Waals surface area contributed by atoms with Gasteiger partial charge in [-0.2, -0.15) is 0 Å². The van der Waals surface area contributed by atoms with E-state index >= 15 is 0 Å². The number of nitrogens with zero attached hydrogens (tertiary/aromatic N) is 1. The minimum atomic E-state index is -2.85. The maximum absolute atomic E-state index is 11.1. The second kappa shape index (κ2) is 4.37. The fourth-order valence-corrected chi connectivity index (χ4v) is 2.71. The van der Waals surface area contributed by atoms with Crippen LogP contribution in [0.3, 0.4) is 0 Å². The summed E-state index contributed by atoms with van der Waals surface area (Å²) in [4.78, 5) is 2.20. The van der Waals surface area contributed by atoms with Gasteiger partial charge in [0.05, 0.1) is 18.0 Å². The lowest BCUT2D eigenvalue weighted by Gasteiger charge is -2.41. The van der Waals surface area contributed by atoms with Crippen molar-refractivity contribution in [3.63, 3.8) is 0 Å². The number of ether oxygens (including phenoxy) is 1. The second-order valence-corrected chi connectivity index (χ2v) is 6.69. The first-order valence-electron chi connectivity index (χ1n) is 5.29. The van der Waals surface area contributed by atoms with Crippen molar-refractivity contribution in [2.24, 2.45) is 0 Å². The van der Waals surface area contributed by atoms with Crippen LogP contribution in [0.4, 0.5) is 0 Å². The van der Waals surface area contributed by atoms with Gasteiger partial charge in [0, 0.05) is 39.0 Å². The number of nitrogens with one attached hydrogen (secondary N) is 1. The van der Waals surface area contributed by atoms with E-state index in [1.807, 2.05) is 0 Å². The van der Waals surface area contributed by atoms with Gasteiger partial charge in [0.15, 0.2) is 0 Å². The van der Waals surface area contributed by atoms with Gasteiger partial charge in [-0.15, -0.1) is 0 Å². The van der Waals surface area contributed by atoms with Crippen LogP contribution in [0.1, 0.15) is 0 Å². The third-order valence-corrected chi connectivity index (χ3v) is 3.76. The molecule has 0 aromatic heterocycles. The van der Waals surface area contributed by atoms with Crippen molar-refractivity contribution in [3.05, 3.63) is 0 Å². The zero-order valence-corrected chi connectivity index (χ0v) is 9.79. The van der Waals surface area contributed by atoms with Gasteiger partial charge in [-0.25, -0.2) is 8.42 Å². The van der Waals surface area contributed by atoms with Crippen molar-refractivity contribution in [1.29, 1.82) is 0 Å². The zero-order valence-electron chi connectivity index (χ0n) is 8.98. The van der Waals surface area contributed by atoms with Gasteiger partial charge in [0.2, 0.25) is 0 Å². The van der Waals surface area contributed by atoms with E-state index in [0.717, 1.165) is 26.2 Å². The Balaban J connectivity index is 1.84. The van der Waals surface area contributed by atoms with Crippen molar-refractivity contribution in [1.82, 2.24) is 10.2 Å². The monoisotopic (exact) mass is 234 g/mol. The number of fused-ring (bicyclic) bond motifs is 2. The zero-order chi connectivity index (χ0) is 10.9. The van der Waals surface area contributed by atoms with Crippen LogP contribution < -0.4 is 5.32 Å². The van der Waals surface area contributed by atoms with E-state index in [9.17, 15) is 8.42 Å². The van der Waals surface area contributed by atoms with E-state index in [1.54, 1.807) is 0 Å². The van der Waals surface area contributed by atoms with Gasteiger partial charge < -0.3 is 10.1 Å². The van der Waals surface area contributed by atoms with Crippen LogP contribution >= 0.6 is 0 Å². The fraction of sp³-hybridized carbons (Fsp3) is 1.00. The van der Waals surface area contributed by atoms with Crippen LogP contribution in [0.25, 0.3) is 0 Å². The van der Waals surface area contributed by atoms with Crippen LogP contribution in [0.2, 0.25) is 0 Å². The number of morpholine rings is 2. The van der Waals surface area contributed by atoms with Crippen LogP contribution in [0.15, 0.2) is 0 Å². The number of sulfone groups is 1. The van der Waals surface area contributed by atoms with Crippen LogP contribution in [-0.2, 0) is 14.6 Å². The predicted octanol–water partition coefficient (Wildman–Crippen LogP) is -1.30. The Morgan fingerprint density at radius 2 is 1.93 bits per heavy atom. The summed E-state index contributed by atoms with van der Waals surface area (Å²) in [5.41, 5.74) is 0. The molecular formula is C9H18N2O3S. The van der Waals surface area contributed by atoms with Crippen LogP contribution in [0.5, 0.6) is 0 Å². The maximum Gasteiger partial charge on any atom is 0.148 e. The molecular weight excluding hydrogens is 216 g/mol. The highest BCUT2D eigenvalue weighted by atomic mass is 32.2. The first-order valence-corrected chi connectivity index (χ1v) is 7.35. The van der Waals surface area contributed by atoms with Crippen LogP contribution in [0, 0.1) is 0 Å². The topological polar surface area (TPSA) is 58.6 Å². The van der Waals surface area contributed by atoms with E-state index in [1.165, 1.54) is 6.26 Å². The quantitative estimate of drug-likeness (QED) is 0.658. The summed E-state index contributed by atoms with van der Waals surface area (Å²) in [6.07, 6.45) is 1.75. The molecule has 15 heavy (non-hydrogen) atoms. The SMILES string of the molecule is CS(=O)(=O)CCN1CC2CNCC(C1)O2. The first kappa shape index (κ1) is 11.3. The molecule has 2 aliphatic heterocycles. The predicted molar refractivity (Wildman–Crippen MR) is 57.7 cm³/mol. The third kappa shape index (κ3) is 3.41. The van der Waals surface area contributed by atoms with Gasteiger partial charge in [0.1, 0.15) is 9.84 Å². The van der Waals surface area contributed by atoms with Crippen molar-refractivity contribution < 1.29 is 13.2 Å². The Labute approximate surface area is 90.7 Å². The number of hydrogen-bond acceptors (Lipinski definition) is 5. The number of hydrogen-bond donors (Lipinski definition) is 1. The average Bonchev–Trinajstić information content (AvgIpc) is 2.13. The Bertz CT molecular complexity index is 305. The number of rotatable bonds is 3. The molecule has 2 heterocycles. The lowest BCUT2D eigenvalue weighted by atomic mass is 10.1. The molecule has 2 fully saturated rings. The van der Waals surface area contributed by atoms with E-state index in [0.29, 0.717) is 6.54 Å². The lowest BCUT2D eigenvalue weighted by molar-refractivity contribution is -0.101. The molecule has 2 atom stereocenters. The molecule has 0 amide bonds. The molecule has 0 saturated carbocycles. The van der Waals surface area contributed by atoms with Crippen molar-refractivity contribution in [2.75, 3.05) is 44.7 Å². The summed E-state index contributed by atoms with van der Waals surface area (Å²) in [5, 5.41) is 3.31. The summed E-state index contributed by atoms with van der Waals surface area (Å²) in [6.45, 7) is 4.09. The molecule has 2 rings (SSSR count). The molecule has 88 valence electrons. The Morgan fingerprint density at radius 1 is 1.33 bits per heavy atom. The van der Waals surface area contributed by atoms with Gasteiger partial charge in [0.25, 0.3) is 0 Å². The Morgan fingerprint density at radius 3 is 2.47 bits per heavy atom. The molecule has 2 saturated heterocycles. The summed E-state index contributed by atoms with van der Waals surface area (Å²) >= 11 is 0. The van der Waals surface area contributed by atoms with Gasteiger partial charge in [-0.3, -0.25) is 4.90 Å². The van der Waals surface area contributed by atoms with Gasteiger partial charge >= 0.3 is 0 Å². The fourth-order valence-electron chi connectivity index (χ4n) is 2.12. The minimum absolute atomic E-state index is 0.233. The van der Waals surface area contributed by atoms with Crippen molar-refractivity contribution >= 4 is 9.84 Å². The normalized spacial score (nSPS) is 32.9. The highest BCUT2D eigenvalue weighted by molar-refractivity contribution is 7.90. The molecule has 2 unspecified atom stereocenters. The molecule has 0 aliphatic carbocycles. The standard InChI is InChI=1S/C9H18N2O3S/c1-15(12,13)3-2-11-6-8-4-10-5-9(7-11)14-8/h8-10H,2-7H2,1H3. The highest BCUT2D eigenvalue weighted by Crippen LogP contribution is 2.13. The Hall–Kier alpha value is -0.170. The minimum Gasteiger partial charge on any atom is -0.370 e. The lowest BCUT2D eigenvalue weighted by Crippen LogP contribution is -2.58. The van der Waals surface area contributed by atoms with E-state index in [4.69, 9.17) is 4.74 Å². The van der Waals surface area contributed by atoms with E-state index in [-0.39, 0.29) is 18.0 Å². The molecule has 0 aromatic rings. The molecule has 0 radical (unpaired) electrons. The van der Waals surface area contributed by atoms with E-state index < -0.39 is 9.84 Å². The summed E-state index contributed by atoms with van der Waals surface area (Å²) in [6, 6.07) is 0. The van der Waals surface area contributed by atoms with Gasteiger partial charge in [-0.05, 0) is 0 Å². The van der Waals surface area contributed by atoms with Gasteiger partial charge in [-0.1, -0.05) is 0 Å². The highest BCUT2D eigenvalue weighted by Gasteiger charge is 2.30. The smallest absolute Gasteiger partial charge is 0.148 e. The largest absolute Gasteiger partial charge is 0.370 e.